The van der Waals surface area contributed by atoms with Crippen molar-refractivity contribution in [3.05, 3.63) is 28.2 Å². The van der Waals surface area contributed by atoms with E-state index in [1.807, 2.05) is 6.07 Å². The minimum absolute atomic E-state index is 0.478. The van der Waals surface area contributed by atoms with E-state index in [2.05, 4.69) is 23.7 Å². The van der Waals surface area contributed by atoms with Crippen molar-refractivity contribution in [1.29, 1.82) is 5.39 Å². The van der Waals surface area contributed by atoms with Crippen molar-refractivity contribution in [2.75, 3.05) is 18.0 Å². The second-order valence-electron chi connectivity index (χ2n) is 3.21. The van der Waals surface area contributed by atoms with Gasteiger partial charge in [-0.25, -0.2) is 0 Å². The average Bonchev–Trinajstić information content (AvgIpc) is 2.31. The van der Waals surface area contributed by atoms with Crippen LogP contribution in [-0.4, -0.2) is 13.1 Å². The molecule has 3 nitrogen and oxygen atoms in total. The third-order valence-electron chi connectivity index (χ3n) is 2.15. The van der Waals surface area contributed by atoms with E-state index < -0.39 is 13.0 Å². The molecular formula is C10H13Cl4N3Zn. The van der Waals surface area contributed by atoms with Gasteiger partial charge in [0.1, 0.15) is 0 Å². The van der Waals surface area contributed by atoms with Gasteiger partial charge in [0.25, 0.3) is 0 Å². The van der Waals surface area contributed by atoms with E-state index in [-0.39, 0.29) is 0 Å². The summed E-state index contributed by atoms with van der Waals surface area (Å²) in [5.41, 5.74) is 1.45. The number of benzene rings is 1. The molecule has 98 valence electrons. The molecule has 0 heterocycles. The zero-order valence-electron chi connectivity index (χ0n) is 10.2. The van der Waals surface area contributed by atoms with Gasteiger partial charge in [-0.05, 0) is 19.9 Å². The van der Waals surface area contributed by atoms with Gasteiger partial charge < -0.3 is 4.90 Å². The second kappa shape index (κ2) is 10.1. The van der Waals surface area contributed by atoms with E-state index in [1.165, 1.54) is 0 Å². The fourth-order valence-electron chi connectivity index (χ4n) is 1.38. The van der Waals surface area contributed by atoms with Gasteiger partial charge in [0.05, 0.1) is 16.8 Å². The number of diazo groups is 1. The monoisotopic (exact) mass is 379 g/mol. The average molecular weight is 382 g/mol. The number of anilines is 1. The van der Waals surface area contributed by atoms with E-state index >= 15 is 0 Å². The van der Waals surface area contributed by atoms with Crippen LogP contribution in [0.3, 0.4) is 0 Å². The summed E-state index contributed by atoms with van der Waals surface area (Å²) in [5.74, 6) is 0. The van der Waals surface area contributed by atoms with Crippen molar-refractivity contribution >= 4 is 52.0 Å². The quantitative estimate of drug-likeness (QED) is 0.493. The molecule has 0 bridgehead atoms. The van der Waals surface area contributed by atoms with Gasteiger partial charge in [-0.3, -0.25) is 0 Å². The summed E-state index contributed by atoms with van der Waals surface area (Å²) in [6.07, 6.45) is 0. The summed E-state index contributed by atoms with van der Waals surface area (Å²) in [6, 6.07) is 5.25. The van der Waals surface area contributed by atoms with Gasteiger partial charge in [0, 0.05) is 19.2 Å². The third kappa shape index (κ3) is 6.97. The first-order valence-corrected chi connectivity index (χ1v) is 17.5. The Labute approximate surface area is 130 Å². The fourth-order valence-corrected chi connectivity index (χ4v) is 1.67. The van der Waals surface area contributed by atoms with Crippen LogP contribution in [0, 0.1) is 5.39 Å². The van der Waals surface area contributed by atoms with Crippen LogP contribution in [0.15, 0.2) is 18.2 Å². The molecule has 0 aliphatic rings. The summed E-state index contributed by atoms with van der Waals surface area (Å²) < 4.78 is 0. The topological polar surface area (TPSA) is 31.4 Å². The van der Waals surface area contributed by atoms with E-state index in [0.717, 1.165) is 18.8 Å². The van der Waals surface area contributed by atoms with Crippen LogP contribution in [-0.2, 0) is 13.0 Å². The molecule has 0 saturated heterocycles. The molecule has 0 aliphatic carbocycles. The van der Waals surface area contributed by atoms with E-state index in [0.29, 0.717) is 10.7 Å². The molecule has 1 aromatic carbocycles. The molecule has 0 aromatic heterocycles. The van der Waals surface area contributed by atoms with Gasteiger partial charge in [-0.15, -0.1) is 0 Å². The van der Waals surface area contributed by atoms with E-state index in [9.17, 15) is 0 Å². The van der Waals surface area contributed by atoms with Gasteiger partial charge in [0.15, 0.2) is 4.98 Å². The number of halogens is 4. The molecule has 0 N–H and O–H groups in total. The Morgan fingerprint density at radius 1 is 1.22 bits per heavy atom. The van der Waals surface area contributed by atoms with Crippen molar-refractivity contribution in [3.8, 4) is 0 Å². The molecule has 0 unspecified atom stereocenters. The van der Waals surface area contributed by atoms with Crippen LogP contribution in [0.4, 0.5) is 11.4 Å². The van der Waals surface area contributed by atoms with Crippen molar-refractivity contribution in [2.24, 2.45) is 0 Å². The van der Waals surface area contributed by atoms with Gasteiger partial charge >= 0.3 is 47.7 Å². The molecule has 1 aromatic rings. The first-order chi connectivity index (χ1) is 8.46. The standard InChI is InChI=1S/C10H13ClN3.3ClH.Zn/c1-3-14(4-2)10-6-5-8(13-12)7-9(10)11;;;;/h5-7H,3-4H2,1-2H3;3*1H;/q+1;;;;+2/p-3. The van der Waals surface area contributed by atoms with Crippen molar-refractivity contribution in [1.82, 2.24) is 0 Å². The van der Waals surface area contributed by atoms with Gasteiger partial charge in [-0.2, -0.15) is 0 Å². The van der Waals surface area contributed by atoms with Crippen molar-refractivity contribution < 1.29 is 13.0 Å². The molecule has 0 aliphatic heterocycles. The maximum absolute atomic E-state index is 8.56. The molecule has 0 atom stereocenters. The summed E-state index contributed by atoms with van der Waals surface area (Å²) >= 11 is 3.84. The SMILES string of the molecule is CCN(CC)c1ccc([N+]#N)cc1Cl.[Cl][Zn-]([Cl])[Cl]. The fraction of sp³-hybridized carbons (Fsp3) is 0.400. The van der Waals surface area contributed by atoms with Crippen LogP contribution in [0.25, 0.3) is 4.98 Å². The molecule has 0 fully saturated rings. The Balaban J connectivity index is 0.000000631. The van der Waals surface area contributed by atoms with Crippen LogP contribution < -0.4 is 4.90 Å². The first kappa shape index (κ1) is 18.2. The number of rotatable bonds is 3. The van der Waals surface area contributed by atoms with Crippen molar-refractivity contribution in [3.63, 3.8) is 0 Å². The predicted molar refractivity (Wildman–Crippen MR) is 77.3 cm³/mol. The predicted octanol–water partition coefficient (Wildman–Crippen LogP) is 5.74. The summed E-state index contributed by atoms with van der Waals surface area (Å²) in [7, 11) is 15.0. The molecule has 0 radical (unpaired) electrons. The van der Waals surface area contributed by atoms with Crippen molar-refractivity contribution in [2.45, 2.75) is 13.8 Å². The van der Waals surface area contributed by atoms with E-state index in [1.54, 1.807) is 12.1 Å². The van der Waals surface area contributed by atoms with Crippen LogP contribution in [0.2, 0.25) is 5.02 Å². The Hall–Kier alpha value is 0.223. The summed E-state index contributed by atoms with van der Waals surface area (Å²) in [6.45, 7) is 5.96. The Bertz CT molecular complexity index is 402. The molecule has 8 heteroatoms. The van der Waals surface area contributed by atoms with Crippen LogP contribution in [0.1, 0.15) is 13.8 Å². The van der Waals surface area contributed by atoms with Crippen LogP contribution >= 0.6 is 40.7 Å². The third-order valence-corrected chi connectivity index (χ3v) is 2.45. The Kier molecular flexibility index (Phi) is 10.2. The Morgan fingerprint density at radius 2 is 1.72 bits per heavy atom. The number of hydrogen-bond acceptors (Lipinski definition) is 2. The molecular weight excluding hydrogens is 369 g/mol. The first-order valence-electron chi connectivity index (χ1n) is 5.42. The van der Waals surface area contributed by atoms with Gasteiger partial charge in [0.2, 0.25) is 5.39 Å². The zero-order valence-corrected chi connectivity index (χ0v) is 16.2. The minimum atomic E-state index is -2.21. The second-order valence-corrected chi connectivity index (χ2v) is 17.5. The van der Waals surface area contributed by atoms with E-state index in [4.69, 9.17) is 46.1 Å². The number of hydrogen-bond donors (Lipinski definition) is 0. The molecule has 1 rings (SSSR count). The maximum atomic E-state index is 8.56. The summed E-state index contributed by atoms with van der Waals surface area (Å²) in [4.78, 5) is 5.22. The Morgan fingerprint density at radius 3 is 2.06 bits per heavy atom. The molecule has 0 spiro atoms. The molecule has 18 heavy (non-hydrogen) atoms. The van der Waals surface area contributed by atoms with Gasteiger partial charge in [-0.1, -0.05) is 11.6 Å². The molecule has 0 saturated carbocycles. The number of nitrogens with zero attached hydrogens (tertiary/aromatic N) is 3. The normalized spacial score (nSPS) is 8.94. The van der Waals surface area contributed by atoms with Crippen LogP contribution in [0.5, 0.6) is 0 Å². The summed E-state index contributed by atoms with van der Waals surface area (Å²) in [5, 5.41) is 9.17. The zero-order chi connectivity index (χ0) is 14.1. The molecule has 0 amide bonds.